The highest BCUT2D eigenvalue weighted by atomic mass is 16.3. The van der Waals surface area contributed by atoms with Gasteiger partial charge in [-0.2, -0.15) is 0 Å². The fourth-order valence-corrected chi connectivity index (χ4v) is 1.35. The molecule has 0 aliphatic rings. The molecule has 0 saturated carbocycles. The van der Waals surface area contributed by atoms with Gasteiger partial charge in [-0.15, -0.1) is 0 Å². The number of aliphatic hydroxyl groups is 2. The van der Waals surface area contributed by atoms with Crippen molar-refractivity contribution in [3.05, 3.63) is 0 Å². The molecule has 0 aromatic heterocycles. The van der Waals surface area contributed by atoms with Crippen LogP contribution in [0.5, 0.6) is 0 Å². The lowest BCUT2D eigenvalue weighted by atomic mass is 9.91. The third-order valence-corrected chi connectivity index (χ3v) is 2.62. The normalized spacial score (nSPS) is 12.0. The van der Waals surface area contributed by atoms with Crippen LogP contribution in [0.25, 0.3) is 0 Å². The van der Waals surface area contributed by atoms with Gasteiger partial charge in [0, 0.05) is 6.61 Å². The molecule has 0 heterocycles. The molecule has 0 aliphatic carbocycles. The van der Waals surface area contributed by atoms with E-state index in [1.807, 2.05) is 13.8 Å². The highest BCUT2D eigenvalue weighted by Crippen LogP contribution is 2.22. The Balaban J connectivity index is 3.45. The van der Waals surface area contributed by atoms with E-state index in [0.29, 0.717) is 0 Å². The Labute approximate surface area is 75.6 Å². The molecule has 12 heavy (non-hydrogen) atoms. The molecule has 74 valence electrons. The maximum atomic E-state index is 9.87. The van der Waals surface area contributed by atoms with Gasteiger partial charge in [-0.1, -0.05) is 26.7 Å². The highest BCUT2D eigenvalue weighted by molar-refractivity contribution is 4.74. The first-order valence-corrected chi connectivity index (χ1v) is 5.01. The van der Waals surface area contributed by atoms with E-state index in [1.165, 1.54) is 0 Å². The van der Waals surface area contributed by atoms with Gasteiger partial charge in [0.25, 0.3) is 0 Å². The van der Waals surface area contributed by atoms with Crippen LogP contribution < -0.4 is 0 Å². The molecule has 2 nitrogen and oxygen atoms in total. The first-order valence-electron chi connectivity index (χ1n) is 5.01. The van der Waals surface area contributed by atoms with Crippen molar-refractivity contribution >= 4 is 0 Å². The number of aliphatic hydroxyl groups excluding tert-OH is 1. The fourth-order valence-electron chi connectivity index (χ4n) is 1.35. The van der Waals surface area contributed by atoms with Crippen molar-refractivity contribution in [3.8, 4) is 0 Å². The lowest BCUT2D eigenvalue weighted by molar-refractivity contribution is 0.0208. The van der Waals surface area contributed by atoms with Crippen LogP contribution in [-0.2, 0) is 0 Å². The number of hydrogen-bond donors (Lipinski definition) is 2. The fraction of sp³-hybridized carbons (Fsp3) is 1.00. The van der Waals surface area contributed by atoms with Crippen LogP contribution in [0.1, 0.15) is 52.4 Å². The van der Waals surface area contributed by atoms with Crippen molar-refractivity contribution in [3.63, 3.8) is 0 Å². The van der Waals surface area contributed by atoms with Crippen LogP contribution >= 0.6 is 0 Å². The summed E-state index contributed by atoms with van der Waals surface area (Å²) in [5.41, 5.74) is -0.449. The molecule has 0 rings (SSSR count). The van der Waals surface area contributed by atoms with Gasteiger partial charge in [0.05, 0.1) is 5.60 Å². The molecule has 2 heteroatoms. The Morgan fingerprint density at radius 3 is 2.00 bits per heavy atom. The molecule has 0 radical (unpaired) electrons. The standard InChI is InChI=1S/C10H22O2/c1-3-10(12,4-2)8-6-5-7-9-11/h11-12H,3-9H2,1-2H3. The zero-order chi connectivity index (χ0) is 9.45. The van der Waals surface area contributed by atoms with Crippen LogP contribution in [0.15, 0.2) is 0 Å². The zero-order valence-electron chi connectivity index (χ0n) is 8.34. The van der Waals surface area contributed by atoms with Crippen molar-refractivity contribution in [2.24, 2.45) is 0 Å². The molecule has 0 fully saturated rings. The molecule has 0 saturated heterocycles. The van der Waals surface area contributed by atoms with Gasteiger partial charge in [0.1, 0.15) is 0 Å². The van der Waals surface area contributed by atoms with Crippen molar-refractivity contribution in [2.45, 2.75) is 58.0 Å². The second-order valence-corrected chi connectivity index (χ2v) is 3.47. The Morgan fingerprint density at radius 2 is 1.58 bits per heavy atom. The maximum absolute atomic E-state index is 9.87. The molecule has 0 aliphatic heterocycles. The van der Waals surface area contributed by atoms with Gasteiger partial charge in [-0.05, 0) is 25.7 Å². The minimum Gasteiger partial charge on any atom is -0.396 e. The predicted molar refractivity (Wildman–Crippen MR) is 51.1 cm³/mol. The van der Waals surface area contributed by atoms with Gasteiger partial charge in [-0.3, -0.25) is 0 Å². The average Bonchev–Trinajstić information content (AvgIpc) is 2.12. The summed E-state index contributed by atoms with van der Waals surface area (Å²) in [6, 6.07) is 0. The Morgan fingerprint density at radius 1 is 1.00 bits per heavy atom. The predicted octanol–water partition coefficient (Wildman–Crippen LogP) is 2.09. The summed E-state index contributed by atoms with van der Waals surface area (Å²) in [6.45, 7) is 4.32. The smallest absolute Gasteiger partial charge is 0.0642 e. The van der Waals surface area contributed by atoms with Crippen LogP contribution in [0.2, 0.25) is 0 Å². The van der Waals surface area contributed by atoms with E-state index < -0.39 is 5.60 Å². The summed E-state index contributed by atoms with van der Waals surface area (Å²) in [5.74, 6) is 0. The van der Waals surface area contributed by atoms with Gasteiger partial charge < -0.3 is 10.2 Å². The van der Waals surface area contributed by atoms with Crippen LogP contribution in [0.4, 0.5) is 0 Å². The number of rotatable bonds is 7. The molecular formula is C10H22O2. The van der Waals surface area contributed by atoms with E-state index in [0.717, 1.165) is 38.5 Å². The maximum Gasteiger partial charge on any atom is 0.0642 e. The van der Waals surface area contributed by atoms with E-state index in [4.69, 9.17) is 5.11 Å². The number of unbranched alkanes of at least 4 members (excludes halogenated alkanes) is 2. The van der Waals surface area contributed by atoms with Crippen LogP contribution in [-0.4, -0.2) is 22.4 Å². The van der Waals surface area contributed by atoms with Crippen molar-refractivity contribution in [2.75, 3.05) is 6.61 Å². The third kappa shape index (κ3) is 4.73. The molecule has 0 aromatic rings. The second-order valence-electron chi connectivity index (χ2n) is 3.47. The quantitative estimate of drug-likeness (QED) is 0.580. The third-order valence-electron chi connectivity index (χ3n) is 2.62. The summed E-state index contributed by atoms with van der Waals surface area (Å²) in [6.07, 6.45) is 5.46. The van der Waals surface area contributed by atoms with E-state index in [-0.39, 0.29) is 6.61 Å². The molecule has 0 aromatic carbocycles. The molecular weight excluding hydrogens is 152 g/mol. The molecule has 0 atom stereocenters. The van der Waals surface area contributed by atoms with E-state index in [1.54, 1.807) is 0 Å². The summed E-state index contributed by atoms with van der Waals surface area (Å²) >= 11 is 0. The minimum atomic E-state index is -0.449. The van der Waals surface area contributed by atoms with E-state index >= 15 is 0 Å². The average molecular weight is 174 g/mol. The summed E-state index contributed by atoms with van der Waals surface area (Å²) in [4.78, 5) is 0. The summed E-state index contributed by atoms with van der Waals surface area (Å²) < 4.78 is 0. The van der Waals surface area contributed by atoms with Gasteiger partial charge in [0.15, 0.2) is 0 Å². The summed E-state index contributed by atoms with van der Waals surface area (Å²) in [5, 5.41) is 18.4. The van der Waals surface area contributed by atoms with Crippen molar-refractivity contribution in [1.82, 2.24) is 0 Å². The van der Waals surface area contributed by atoms with E-state index in [2.05, 4.69) is 0 Å². The highest BCUT2D eigenvalue weighted by Gasteiger charge is 2.20. The minimum absolute atomic E-state index is 0.274. The molecule has 0 amide bonds. The van der Waals surface area contributed by atoms with E-state index in [9.17, 15) is 5.11 Å². The lowest BCUT2D eigenvalue weighted by Crippen LogP contribution is -2.26. The molecule has 0 unspecified atom stereocenters. The molecule has 2 N–H and O–H groups in total. The Hall–Kier alpha value is -0.0800. The number of hydrogen-bond acceptors (Lipinski definition) is 2. The Bertz CT molecular complexity index is 98.0. The van der Waals surface area contributed by atoms with Crippen molar-refractivity contribution in [1.29, 1.82) is 0 Å². The SMILES string of the molecule is CCC(O)(CC)CCCCCO. The first kappa shape index (κ1) is 11.9. The van der Waals surface area contributed by atoms with Crippen LogP contribution in [0.3, 0.4) is 0 Å². The molecule has 0 bridgehead atoms. The van der Waals surface area contributed by atoms with Gasteiger partial charge in [0.2, 0.25) is 0 Å². The monoisotopic (exact) mass is 174 g/mol. The second kappa shape index (κ2) is 6.44. The van der Waals surface area contributed by atoms with Crippen molar-refractivity contribution < 1.29 is 10.2 Å². The lowest BCUT2D eigenvalue weighted by Gasteiger charge is -2.24. The molecule has 0 spiro atoms. The zero-order valence-corrected chi connectivity index (χ0v) is 8.34. The summed E-state index contributed by atoms with van der Waals surface area (Å²) in [7, 11) is 0. The van der Waals surface area contributed by atoms with Gasteiger partial charge >= 0.3 is 0 Å². The van der Waals surface area contributed by atoms with Crippen LogP contribution in [0, 0.1) is 0 Å². The topological polar surface area (TPSA) is 40.5 Å². The van der Waals surface area contributed by atoms with Gasteiger partial charge in [-0.25, -0.2) is 0 Å². The largest absolute Gasteiger partial charge is 0.396 e. The first-order chi connectivity index (χ1) is 5.68. The Kier molecular flexibility index (Phi) is 6.39.